The molecule has 3 aromatic carbocycles. The van der Waals surface area contributed by atoms with E-state index in [1.165, 1.54) is 24.3 Å². The highest BCUT2D eigenvalue weighted by molar-refractivity contribution is 7.92. The molecule has 9 heteroatoms. The molecule has 0 aliphatic carbocycles. The molecule has 1 aliphatic heterocycles. The van der Waals surface area contributed by atoms with E-state index in [9.17, 15) is 13.2 Å². The fourth-order valence-electron chi connectivity index (χ4n) is 4.00. The van der Waals surface area contributed by atoms with Crippen LogP contribution in [0.4, 0.5) is 11.4 Å². The zero-order valence-corrected chi connectivity index (χ0v) is 21.1. The monoisotopic (exact) mass is 513 g/mol. The summed E-state index contributed by atoms with van der Waals surface area (Å²) in [4.78, 5) is 17.3. The lowest BCUT2D eigenvalue weighted by molar-refractivity contribution is -0.129. The molecule has 7 nitrogen and oxygen atoms in total. The van der Waals surface area contributed by atoms with Gasteiger partial charge in [0.05, 0.1) is 17.2 Å². The molecule has 1 amide bonds. The average molecular weight is 514 g/mol. The van der Waals surface area contributed by atoms with Crippen molar-refractivity contribution in [3.8, 4) is 5.75 Å². The smallest absolute Gasteiger partial charge is 0.264 e. The average Bonchev–Trinajstić information content (AvgIpc) is 2.89. The highest BCUT2D eigenvalue weighted by Gasteiger charge is 2.30. The molecule has 0 unspecified atom stereocenters. The second-order valence-electron chi connectivity index (χ2n) is 8.10. The van der Waals surface area contributed by atoms with E-state index in [1.807, 2.05) is 37.3 Å². The van der Waals surface area contributed by atoms with Gasteiger partial charge in [0.25, 0.3) is 10.0 Å². The van der Waals surface area contributed by atoms with Crippen LogP contribution in [0.25, 0.3) is 0 Å². The maximum atomic E-state index is 13.6. The van der Waals surface area contributed by atoms with E-state index in [2.05, 4.69) is 4.90 Å². The van der Waals surface area contributed by atoms with E-state index in [4.69, 9.17) is 16.3 Å². The van der Waals surface area contributed by atoms with Gasteiger partial charge in [-0.25, -0.2) is 8.42 Å². The van der Waals surface area contributed by atoms with Crippen LogP contribution >= 0.6 is 11.6 Å². The molecule has 0 atom stereocenters. The molecule has 3 aromatic rings. The van der Waals surface area contributed by atoms with Gasteiger partial charge in [0, 0.05) is 36.9 Å². The number of benzene rings is 3. The van der Waals surface area contributed by atoms with Crippen molar-refractivity contribution in [3.05, 3.63) is 83.9 Å². The zero-order chi connectivity index (χ0) is 24.8. The molecule has 0 bridgehead atoms. The summed E-state index contributed by atoms with van der Waals surface area (Å²) in [6, 6.07) is 22.7. The minimum Gasteiger partial charge on any atom is -0.494 e. The number of nitrogens with zero attached hydrogens (tertiary/aromatic N) is 3. The van der Waals surface area contributed by atoms with E-state index < -0.39 is 10.0 Å². The van der Waals surface area contributed by atoms with Gasteiger partial charge in [0.1, 0.15) is 12.3 Å². The van der Waals surface area contributed by atoms with E-state index in [0.29, 0.717) is 49.2 Å². The predicted octanol–water partition coefficient (Wildman–Crippen LogP) is 4.28. The molecule has 0 saturated carbocycles. The summed E-state index contributed by atoms with van der Waals surface area (Å²) in [5.41, 5.74) is 1.50. The van der Waals surface area contributed by atoms with Crippen molar-refractivity contribution < 1.29 is 17.9 Å². The number of sulfonamides is 1. The van der Waals surface area contributed by atoms with Crippen LogP contribution in [0.1, 0.15) is 6.92 Å². The molecule has 184 valence electrons. The van der Waals surface area contributed by atoms with Gasteiger partial charge in [-0.2, -0.15) is 0 Å². The van der Waals surface area contributed by atoms with Crippen LogP contribution in [0.3, 0.4) is 0 Å². The maximum Gasteiger partial charge on any atom is 0.264 e. The molecule has 1 aliphatic rings. The Labute approximate surface area is 211 Å². The van der Waals surface area contributed by atoms with Crippen molar-refractivity contribution in [3.63, 3.8) is 0 Å². The number of hydrogen-bond acceptors (Lipinski definition) is 5. The summed E-state index contributed by atoms with van der Waals surface area (Å²) in [6.07, 6.45) is 0. The standard InChI is InChI=1S/C26H28ClN3O4S/c1-2-34-24-12-10-23(11-13-24)30(35(32,33)25-14-8-21(27)9-15-25)20-26(31)29-18-16-28(17-19-29)22-6-4-3-5-7-22/h3-15H,2,16-20H2,1H3. The largest absolute Gasteiger partial charge is 0.494 e. The third-order valence-corrected chi connectivity index (χ3v) is 7.91. The number of anilines is 2. The summed E-state index contributed by atoms with van der Waals surface area (Å²) < 4.78 is 33.8. The van der Waals surface area contributed by atoms with Crippen LogP contribution in [0, 0.1) is 0 Å². The number of amides is 1. The molecule has 4 rings (SSSR count). The third-order valence-electron chi connectivity index (χ3n) is 5.87. The van der Waals surface area contributed by atoms with Crippen LogP contribution in [0.5, 0.6) is 5.75 Å². The Balaban J connectivity index is 1.54. The molecule has 1 fully saturated rings. The fraction of sp³-hybridized carbons (Fsp3) is 0.269. The first-order valence-electron chi connectivity index (χ1n) is 11.5. The Morgan fingerprint density at radius 2 is 1.54 bits per heavy atom. The maximum absolute atomic E-state index is 13.6. The quantitative estimate of drug-likeness (QED) is 0.449. The minimum atomic E-state index is -4.01. The van der Waals surface area contributed by atoms with Crippen molar-refractivity contribution in [2.24, 2.45) is 0 Å². The summed E-state index contributed by atoms with van der Waals surface area (Å²) in [5, 5.41) is 0.434. The lowest BCUT2D eigenvalue weighted by Crippen LogP contribution is -2.52. The molecule has 1 heterocycles. The highest BCUT2D eigenvalue weighted by atomic mass is 35.5. The van der Waals surface area contributed by atoms with Crippen molar-refractivity contribution in [2.75, 3.05) is 48.5 Å². The van der Waals surface area contributed by atoms with Gasteiger partial charge < -0.3 is 14.5 Å². The highest BCUT2D eigenvalue weighted by Crippen LogP contribution is 2.27. The molecular weight excluding hydrogens is 486 g/mol. The molecule has 35 heavy (non-hydrogen) atoms. The molecule has 0 radical (unpaired) electrons. The Hall–Kier alpha value is -3.23. The van der Waals surface area contributed by atoms with Crippen LogP contribution in [-0.2, 0) is 14.8 Å². The summed E-state index contributed by atoms with van der Waals surface area (Å²) in [6.45, 7) is 4.48. The molecule has 0 N–H and O–H groups in total. The van der Waals surface area contributed by atoms with Crippen LogP contribution in [0.15, 0.2) is 83.8 Å². The number of piperazine rings is 1. The minimum absolute atomic E-state index is 0.0671. The van der Waals surface area contributed by atoms with Crippen LogP contribution in [0.2, 0.25) is 5.02 Å². The zero-order valence-electron chi connectivity index (χ0n) is 19.5. The van der Waals surface area contributed by atoms with Gasteiger partial charge in [0.2, 0.25) is 5.91 Å². The van der Waals surface area contributed by atoms with Crippen molar-refractivity contribution >= 4 is 38.9 Å². The van der Waals surface area contributed by atoms with Crippen molar-refractivity contribution in [2.45, 2.75) is 11.8 Å². The number of carbonyl (C=O) groups excluding carboxylic acids is 1. The van der Waals surface area contributed by atoms with E-state index in [1.54, 1.807) is 29.2 Å². The van der Waals surface area contributed by atoms with Crippen molar-refractivity contribution in [1.29, 1.82) is 0 Å². The first kappa shape index (κ1) is 24.9. The number of para-hydroxylation sites is 1. The Morgan fingerprint density at radius 3 is 2.14 bits per heavy atom. The number of rotatable bonds is 8. The summed E-state index contributed by atoms with van der Waals surface area (Å²) in [5.74, 6) is 0.382. The topological polar surface area (TPSA) is 70.2 Å². The van der Waals surface area contributed by atoms with Gasteiger partial charge in [-0.1, -0.05) is 29.8 Å². The lowest BCUT2D eigenvalue weighted by Gasteiger charge is -2.37. The Morgan fingerprint density at radius 1 is 0.914 bits per heavy atom. The number of carbonyl (C=O) groups is 1. The van der Waals surface area contributed by atoms with Gasteiger partial charge in [-0.05, 0) is 67.6 Å². The Bertz CT molecular complexity index is 1230. The summed E-state index contributed by atoms with van der Waals surface area (Å²) in [7, 11) is -4.01. The summed E-state index contributed by atoms with van der Waals surface area (Å²) >= 11 is 5.96. The normalized spacial score (nSPS) is 14.0. The number of hydrogen-bond donors (Lipinski definition) is 0. The van der Waals surface area contributed by atoms with Crippen LogP contribution < -0.4 is 13.9 Å². The first-order valence-corrected chi connectivity index (χ1v) is 13.3. The van der Waals surface area contributed by atoms with E-state index in [0.717, 1.165) is 9.99 Å². The van der Waals surface area contributed by atoms with Gasteiger partial charge in [0.15, 0.2) is 0 Å². The third kappa shape index (κ3) is 5.89. The predicted molar refractivity (Wildman–Crippen MR) is 139 cm³/mol. The van der Waals surface area contributed by atoms with E-state index >= 15 is 0 Å². The lowest BCUT2D eigenvalue weighted by atomic mass is 10.2. The van der Waals surface area contributed by atoms with Gasteiger partial charge in [-0.3, -0.25) is 9.10 Å². The Kier molecular flexibility index (Phi) is 7.83. The molecule has 0 spiro atoms. The number of ether oxygens (including phenoxy) is 1. The second-order valence-corrected chi connectivity index (χ2v) is 10.4. The van der Waals surface area contributed by atoms with Crippen molar-refractivity contribution in [1.82, 2.24) is 4.90 Å². The first-order chi connectivity index (χ1) is 16.9. The molecule has 1 saturated heterocycles. The van der Waals surface area contributed by atoms with Gasteiger partial charge in [-0.15, -0.1) is 0 Å². The number of halogens is 1. The van der Waals surface area contributed by atoms with Gasteiger partial charge >= 0.3 is 0 Å². The molecule has 0 aromatic heterocycles. The van der Waals surface area contributed by atoms with Crippen LogP contribution in [-0.4, -0.2) is 58.6 Å². The SMILES string of the molecule is CCOc1ccc(N(CC(=O)N2CCN(c3ccccc3)CC2)S(=O)(=O)c2ccc(Cl)cc2)cc1. The van der Waals surface area contributed by atoms with E-state index in [-0.39, 0.29) is 17.3 Å². The molecular formula is C26H28ClN3O4S. The second kappa shape index (κ2) is 11.0. The fourth-order valence-corrected chi connectivity index (χ4v) is 5.54.